The highest BCUT2D eigenvalue weighted by Crippen LogP contribution is 2.26. The van der Waals surface area contributed by atoms with Crippen LogP contribution < -0.4 is 10.9 Å². The van der Waals surface area contributed by atoms with Crippen LogP contribution in [0.3, 0.4) is 0 Å². The molecule has 0 atom stereocenters. The molecule has 5 nitrogen and oxygen atoms in total. The van der Waals surface area contributed by atoms with E-state index >= 15 is 0 Å². The molecule has 6 heteroatoms. The SMILES string of the molecule is Cc1ccc(NC(=O)Cn2nc(-c3cccc4ccccc34)ccc2=O)cc1F. The van der Waals surface area contributed by atoms with E-state index in [1.165, 1.54) is 12.1 Å². The molecule has 0 radical (unpaired) electrons. The Morgan fingerprint density at radius 2 is 1.83 bits per heavy atom. The average Bonchev–Trinajstić information content (AvgIpc) is 2.72. The van der Waals surface area contributed by atoms with Gasteiger partial charge >= 0.3 is 0 Å². The zero-order valence-electron chi connectivity index (χ0n) is 15.7. The minimum atomic E-state index is -0.460. The zero-order chi connectivity index (χ0) is 20.4. The van der Waals surface area contributed by atoms with Gasteiger partial charge in [0.15, 0.2) is 0 Å². The van der Waals surface area contributed by atoms with Crippen molar-refractivity contribution in [3.05, 3.63) is 94.5 Å². The number of aryl methyl sites for hydroxylation is 1. The van der Waals surface area contributed by atoms with Gasteiger partial charge in [-0.05, 0) is 41.5 Å². The molecule has 1 aromatic heterocycles. The second kappa shape index (κ2) is 7.67. The number of carbonyl (C=O) groups is 1. The van der Waals surface area contributed by atoms with Crippen molar-refractivity contribution < 1.29 is 9.18 Å². The van der Waals surface area contributed by atoms with Crippen molar-refractivity contribution in [3.8, 4) is 11.3 Å². The van der Waals surface area contributed by atoms with Crippen LogP contribution in [0.5, 0.6) is 0 Å². The van der Waals surface area contributed by atoms with Crippen molar-refractivity contribution in [3.63, 3.8) is 0 Å². The highest BCUT2D eigenvalue weighted by Gasteiger charge is 2.11. The summed E-state index contributed by atoms with van der Waals surface area (Å²) >= 11 is 0. The van der Waals surface area contributed by atoms with Gasteiger partial charge in [0.1, 0.15) is 12.4 Å². The first kappa shape index (κ1) is 18.6. The molecular formula is C23H18FN3O2. The first-order valence-corrected chi connectivity index (χ1v) is 9.13. The van der Waals surface area contributed by atoms with Gasteiger partial charge in [0.05, 0.1) is 5.69 Å². The van der Waals surface area contributed by atoms with Crippen LogP contribution in [0.1, 0.15) is 5.56 Å². The summed E-state index contributed by atoms with van der Waals surface area (Å²) in [6, 6.07) is 21.2. The Morgan fingerprint density at radius 1 is 1.03 bits per heavy atom. The second-order valence-electron chi connectivity index (χ2n) is 6.75. The van der Waals surface area contributed by atoms with E-state index in [0.717, 1.165) is 21.0 Å². The molecule has 4 rings (SSSR count). The number of nitrogens with one attached hydrogen (secondary N) is 1. The van der Waals surface area contributed by atoms with Crippen molar-refractivity contribution in [2.75, 3.05) is 5.32 Å². The van der Waals surface area contributed by atoms with E-state index in [-0.39, 0.29) is 12.1 Å². The van der Waals surface area contributed by atoms with Gasteiger partial charge in [-0.15, -0.1) is 0 Å². The molecule has 0 fully saturated rings. The van der Waals surface area contributed by atoms with Gasteiger partial charge in [-0.3, -0.25) is 9.59 Å². The van der Waals surface area contributed by atoms with E-state index < -0.39 is 11.7 Å². The molecule has 0 aliphatic carbocycles. The number of hydrogen-bond acceptors (Lipinski definition) is 3. The van der Waals surface area contributed by atoms with E-state index in [9.17, 15) is 14.0 Å². The van der Waals surface area contributed by atoms with Crippen molar-refractivity contribution in [1.29, 1.82) is 0 Å². The Hall–Kier alpha value is -3.80. The largest absolute Gasteiger partial charge is 0.324 e. The summed E-state index contributed by atoms with van der Waals surface area (Å²) < 4.78 is 14.8. The molecule has 0 spiro atoms. The lowest BCUT2D eigenvalue weighted by atomic mass is 10.0. The average molecular weight is 387 g/mol. The Kier molecular flexibility index (Phi) is 4.91. The molecule has 0 unspecified atom stereocenters. The summed E-state index contributed by atoms with van der Waals surface area (Å²) in [7, 11) is 0. The summed E-state index contributed by atoms with van der Waals surface area (Å²) in [5.41, 5.74) is 1.90. The number of aromatic nitrogens is 2. The number of benzene rings is 3. The van der Waals surface area contributed by atoms with Crippen LogP contribution in [-0.4, -0.2) is 15.7 Å². The third kappa shape index (κ3) is 3.91. The van der Waals surface area contributed by atoms with Crippen LogP contribution in [-0.2, 0) is 11.3 Å². The molecule has 0 aliphatic rings. The second-order valence-corrected chi connectivity index (χ2v) is 6.75. The van der Waals surface area contributed by atoms with Gasteiger partial charge < -0.3 is 5.32 Å². The quantitative estimate of drug-likeness (QED) is 0.572. The number of anilines is 1. The molecule has 0 aliphatic heterocycles. The predicted molar refractivity (Wildman–Crippen MR) is 111 cm³/mol. The lowest BCUT2D eigenvalue weighted by Gasteiger charge is -2.10. The van der Waals surface area contributed by atoms with E-state index in [1.807, 2.05) is 42.5 Å². The number of rotatable bonds is 4. The lowest BCUT2D eigenvalue weighted by Crippen LogP contribution is -2.29. The van der Waals surface area contributed by atoms with E-state index in [0.29, 0.717) is 16.9 Å². The van der Waals surface area contributed by atoms with Crippen molar-refractivity contribution >= 4 is 22.4 Å². The lowest BCUT2D eigenvalue weighted by molar-refractivity contribution is -0.117. The first-order chi connectivity index (χ1) is 14.0. The van der Waals surface area contributed by atoms with Crippen LogP contribution in [0.4, 0.5) is 10.1 Å². The Labute approximate surface area is 166 Å². The number of hydrogen-bond donors (Lipinski definition) is 1. The first-order valence-electron chi connectivity index (χ1n) is 9.13. The van der Waals surface area contributed by atoms with E-state index in [1.54, 1.807) is 25.1 Å². The van der Waals surface area contributed by atoms with Crippen molar-refractivity contribution in [2.45, 2.75) is 13.5 Å². The predicted octanol–water partition coefficient (Wildman–Crippen LogP) is 4.15. The van der Waals surface area contributed by atoms with Gasteiger partial charge in [0, 0.05) is 17.3 Å². The van der Waals surface area contributed by atoms with Gasteiger partial charge in [0.2, 0.25) is 5.91 Å². The molecule has 144 valence electrons. The number of carbonyl (C=O) groups excluding carboxylic acids is 1. The normalized spacial score (nSPS) is 10.8. The van der Waals surface area contributed by atoms with E-state index in [4.69, 9.17) is 0 Å². The highest BCUT2D eigenvalue weighted by atomic mass is 19.1. The standard InChI is InChI=1S/C23H18FN3O2/c1-15-9-10-17(13-20(15)24)25-22(28)14-27-23(29)12-11-21(26-27)19-8-4-6-16-5-2-3-7-18(16)19/h2-13H,14H2,1H3,(H,25,28). The number of nitrogens with zero attached hydrogens (tertiary/aromatic N) is 2. The zero-order valence-corrected chi connectivity index (χ0v) is 15.7. The van der Waals surface area contributed by atoms with Gasteiger partial charge in [0.25, 0.3) is 5.56 Å². The van der Waals surface area contributed by atoms with Gasteiger partial charge in [-0.25, -0.2) is 9.07 Å². The maximum Gasteiger partial charge on any atom is 0.267 e. The van der Waals surface area contributed by atoms with Crippen LogP contribution in [0, 0.1) is 12.7 Å². The maximum atomic E-state index is 13.7. The number of amides is 1. The minimum Gasteiger partial charge on any atom is -0.324 e. The molecule has 0 saturated carbocycles. The summed E-state index contributed by atoms with van der Waals surface area (Å²) in [6.07, 6.45) is 0. The third-order valence-corrected chi connectivity index (χ3v) is 4.68. The molecular weight excluding hydrogens is 369 g/mol. The number of halogens is 1. The number of fused-ring (bicyclic) bond motifs is 1. The fraction of sp³-hybridized carbons (Fsp3) is 0.0870. The molecule has 0 bridgehead atoms. The topological polar surface area (TPSA) is 64.0 Å². The summed E-state index contributed by atoms with van der Waals surface area (Å²) in [5.74, 6) is -0.867. The molecule has 3 aromatic carbocycles. The molecule has 1 heterocycles. The Bertz CT molecular complexity index is 1280. The minimum absolute atomic E-state index is 0.271. The molecule has 29 heavy (non-hydrogen) atoms. The van der Waals surface area contributed by atoms with Crippen LogP contribution in [0.15, 0.2) is 77.6 Å². The van der Waals surface area contributed by atoms with Gasteiger partial charge in [-0.2, -0.15) is 5.10 Å². The van der Waals surface area contributed by atoms with Crippen LogP contribution in [0.25, 0.3) is 22.0 Å². The maximum absolute atomic E-state index is 13.7. The Balaban J connectivity index is 1.62. The molecule has 0 saturated heterocycles. The third-order valence-electron chi connectivity index (χ3n) is 4.68. The molecule has 1 amide bonds. The van der Waals surface area contributed by atoms with Crippen molar-refractivity contribution in [2.24, 2.45) is 0 Å². The molecule has 1 N–H and O–H groups in total. The highest BCUT2D eigenvalue weighted by molar-refractivity contribution is 5.95. The Morgan fingerprint density at radius 3 is 2.66 bits per heavy atom. The van der Waals surface area contributed by atoms with E-state index in [2.05, 4.69) is 10.4 Å². The van der Waals surface area contributed by atoms with Crippen molar-refractivity contribution in [1.82, 2.24) is 9.78 Å². The fourth-order valence-corrected chi connectivity index (χ4v) is 3.16. The monoisotopic (exact) mass is 387 g/mol. The summed E-state index contributed by atoms with van der Waals surface area (Å²) in [5, 5.41) is 9.04. The summed E-state index contributed by atoms with van der Waals surface area (Å²) in [4.78, 5) is 24.6. The van der Waals surface area contributed by atoms with Gasteiger partial charge in [-0.1, -0.05) is 48.5 Å². The molecule has 4 aromatic rings. The smallest absolute Gasteiger partial charge is 0.267 e. The fourth-order valence-electron chi connectivity index (χ4n) is 3.16. The van der Waals surface area contributed by atoms with Crippen LogP contribution in [0.2, 0.25) is 0 Å². The van der Waals surface area contributed by atoms with Crippen LogP contribution >= 0.6 is 0 Å². The summed E-state index contributed by atoms with van der Waals surface area (Å²) in [6.45, 7) is 1.37.